The van der Waals surface area contributed by atoms with Crippen LogP contribution in [0.4, 0.5) is 5.69 Å². The van der Waals surface area contributed by atoms with Gasteiger partial charge in [-0.05, 0) is 42.3 Å². The summed E-state index contributed by atoms with van der Waals surface area (Å²) in [5.74, 6) is 0.169. The zero-order chi connectivity index (χ0) is 20.6. The number of hydrogen-bond acceptors (Lipinski definition) is 5. The largest absolute Gasteiger partial charge is 0.489 e. The quantitative estimate of drug-likeness (QED) is 0.669. The lowest BCUT2D eigenvalue weighted by Crippen LogP contribution is -2.26. The fourth-order valence-corrected chi connectivity index (χ4v) is 2.70. The third-order valence-corrected chi connectivity index (χ3v) is 4.09. The van der Waals surface area contributed by atoms with E-state index < -0.39 is 5.91 Å². The monoisotopic (exact) mass is 388 g/mol. The van der Waals surface area contributed by atoms with Crippen molar-refractivity contribution >= 4 is 11.6 Å². The highest BCUT2D eigenvalue weighted by Crippen LogP contribution is 2.19. The molecule has 0 fully saturated rings. The molecule has 0 aliphatic heterocycles. The molecule has 0 saturated heterocycles. The molecular formula is C22H20N4O3. The average Bonchev–Trinajstić information content (AvgIpc) is 2.74. The predicted octanol–water partition coefficient (Wildman–Crippen LogP) is 3.36. The zero-order valence-electron chi connectivity index (χ0n) is 16.0. The molecule has 0 radical (unpaired) electrons. The number of carbonyl (C=O) groups is 1. The van der Waals surface area contributed by atoms with Gasteiger partial charge in [0.2, 0.25) is 0 Å². The van der Waals surface area contributed by atoms with Crippen LogP contribution in [0.15, 0.2) is 65.5 Å². The van der Waals surface area contributed by atoms with Crippen LogP contribution in [0.1, 0.15) is 35.0 Å². The van der Waals surface area contributed by atoms with Gasteiger partial charge >= 0.3 is 0 Å². The van der Waals surface area contributed by atoms with E-state index in [1.165, 1.54) is 16.8 Å². The molecule has 0 aliphatic carbocycles. The number of ether oxygens (including phenoxy) is 1. The lowest BCUT2D eigenvalue weighted by Gasteiger charge is -2.10. The number of carbonyl (C=O) groups excluding carboxylic acids is 1. The Morgan fingerprint density at radius 1 is 1.17 bits per heavy atom. The van der Waals surface area contributed by atoms with Gasteiger partial charge in [0.15, 0.2) is 0 Å². The van der Waals surface area contributed by atoms with E-state index in [1.54, 1.807) is 42.5 Å². The van der Waals surface area contributed by atoms with E-state index in [1.807, 2.05) is 13.0 Å². The fourth-order valence-electron chi connectivity index (χ4n) is 2.70. The number of nitrogens with one attached hydrogen (secondary N) is 1. The van der Waals surface area contributed by atoms with Crippen molar-refractivity contribution in [1.82, 2.24) is 9.78 Å². The summed E-state index contributed by atoms with van der Waals surface area (Å²) in [6, 6.07) is 19.0. The Hall–Kier alpha value is -3.92. The molecule has 0 saturated carbocycles. The minimum atomic E-state index is -0.409. The van der Waals surface area contributed by atoms with E-state index in [2.05, 4.69) is 16.5 Å². The molecule has 2 aromatic carbocycles. The molecule has 1 aromatic heterocycles. The summed E-state index contributed by atoms with van der Waals surface area (Å²) in [5.41, 5.74) is 1.93. The molecule has 7 nitrogen and oxygen atoms in total. The summed E-state index contributed by atoms with van der Waals surface area (Å²) >= 11 is 0. The highest BCUT2D eigenvalue weighted by Gasteiger charge is 2.10. The number of aryl methyl sites for hydroxylation is 1. The van der Waals surface area contributed by atoms with Gasteiger partial charge in [0.05, 0.1) is 11.6 Å². The number of rotatable bonds is 7. The topological polar surface area (TPSA) is 97.0 Å². The smallest absolute Gasteiger partial charge is 0.276 e. The number of amides is 1. The SMILES string of the molecule is CCCn1nc(C(=O)Nc2cccc(OCc3cccc(C#N)c3)c2)ccc1=O. The molecule has 29 heavy (non-hydrogen) atoms. The Labute approximate surface area is 168 Å². The summed E-state index contributed by atoms with van der Waals surface area (Å²) in [6.07, 6.45) is 0.745. The molecule has 3 aromatic rings. The summed E-state index contributed by atoms with van der Waals surface area (Å²) < 4.78 is 7.05. The number of nitrogens with zero attached hydrogens (tertiary/aromatic N) is 3. The van der Waals surface area contributed by atoms with Crippen molar-refractivity contribution < 1.29 is 9.53 Å². The lowest BCUT2D eigenvalue weighted by atomic mass is 10.1. The first kappa shape index (κ1) is 19.8. The standard InChI is InChI=1S/C22H20N4O3/c1-2-11-26-21(27)10-9-20(25-26)22(28)24-18-7-4-8-19(13-18)29-15-17-6-3-5-16(12-17)14-23/h3-10,12-13H,2,11,15H2,1H3,(H,24,28). The van der Waals surface area contributed by atoms with Crippen molar-refractivity contribution in [3.63, 3.8) is 0 Å². The van der Waals surface area contributed by atoms with Crippen LogP contribution >= 0.6 is 0 Å². The molecule has 1 amide bonds. The van der Waals surface area contributed by atoms with E-state index in [0.29, 0.717) is 30.2 Å². The van der Waals surface area contributed by atoms with E-state index in [0.717, 1.165) is 12.0 Å². The summed E-state index contributed by atoms with van der Waals surface area (Å²) in [6.45, 7) is 2.69. The highest BCUT2D eigenvalue weighted by molar-refractivity contribution is 6.02. The molecule has 0 aliphatic rings. The van der Waals surface area contributed by atoms with E-state index in [4.69, 9.17) is 10.00 Å². The second kappa shape index (κ2) is 9.33. The van der Waals surface area contributed by atoms with E-state index >= 15 is 0 Å². The minimum absolute atomic E-state index is 0.165. The van der Waals surface area contributed by atoms with Crippen LogP contribution in [0.25, 0.3) is 0 Å². The Morgan fingerprint density at radius 2 is 2.00 bits per heavy atom. The van der Waals surface area contributed by atoms with Crippen LogP contribution in [0.5, 0.6) is 5.75 Å². The fraction of sp³-hybridized carbons (Fsp3) is 0.182. The molecular weight excluding hydrogens is 368 g/mol. The van der Waals surface area contributed by atoms with Gasteiger partial charge in [0, 0.05) is 24.4 Å². The second-order valence-corrected chi connectivity index (χ2v) is 6.36. The molecule has 7 heteroatoms. The maximum Gasteiger partial charge on any atom is 0.276 e. The first-order chi connectivity index (χ1) is 14.1. The molecule has 1 heterocycles. The third kappa shape index (κ3) is 5.30. The van der Waals surface area contributed by atoms with Crippen LogP contribution in [-0.4, -0.2) is 15.7 Å². The molecule has 1 N–H and O–H groups in total. The van der Waals surface area contributed by atoms with Gasteiger partial charge < -0.3 is 10.1 Å². The number of benzene rings is 2. The first-order valence-corrected chi connectivity index (χ1v) is 9.20. The Morgan fingerprint density at radius 3 is 2.79 bits per heavy atom. The van der Waals surface area contributed by atoms with Crippen molar-refractivity contribution in [2.24, 2.45) is 0 Å². The molecule has 3 rings (SSSR count). The maximum absolute atomic E-state index is 12.5. The highest BCUT2D eigenvalue weighted by atomic mass is 16.5. The normalized spacial score (nSPS) is 10.2. The number of aromatic nitrogens is 2. The lowest BCUT2D eigenvalue weighted by molar-refractivity contribution is 0.101. The maximum atomic E-state index is 12.5. The minimum Gasteiger partial charge on any atom is -0.489 e. The Balaban J connectivity index is 1.68. The summed E-state index contributed by atoms with van der Waals surface area (Å²) in [4.78, 5) is 24.2. The molecule has 0 spiro atoms. The van der Waals surface area contributed by atoms with Gasteiger partial charge in [0.25, 0.3) is 11.5 Å². The summed E-state index contributed by atoms with van der Waals surface area (Å²) in [7, 11) is 0. The van der Waals surface area contributed by atoms with Crippen molar-refractivity contribution in [2.75, 3.05) is 5.32 Å². The number of anilines is 1. The van der Waals surface area contributed by atoms with Crippen molar-refractivity contribution in [1.29, 1.82) is 5.26 Å². The average molecular weight is 388 g/mol. The van der Waals surface area contributed by atoms with Crippen LogP contribution in [0, 0.1) is 11.3 Å². The van der Waals surface area contributed by atoms with Crippen molar-refractivity contribution in [2.45, 2.75) is 26.5 Å². The van der Waals surface area contributed by atoms with Gasteiger partial charge in [-0.15, -0.1) is 0 Å². The van der Waals surface area contributed by atoms with Crippen LogP contribution in [0.2, 0.25) is 0 Å². The first-order valence-electron chi connectivity index (χ1n) is 9.20. The van der Waals surface area contributed by atoms with Crippen molar-refractivity contribution in [3.05, 3.63) is 87.8 Å². The molecule has 0 bridgehead atoms. The van der Waals surface area contributed by atoms with Gasteiger partial charge in [0.1, 0.15) is 18.1 Å². The summed E-state index contributed by atoms with van der Waals surface area (Å²) in [5, 5.41) is 15.8. The zero-order valence-corrected chi connectivity index (χ0v) is 16.0. The van der Waals surface area contributed by atoms with E-state index in [-0.39, 0.29) is 11.3 Å². The predicted molar refractivity (Wildman–Crippen MR) is 109 cm³/mol. The van der Waals surface area contributed by atoms with Crippen LogP contribution in [0.3, 0.4) is 0 Å². The Bertz CT molecular complexity index is 1120. The number of nitriles is 1. The van der Waals surface area contributed by atoms with Gasteiger partial charge in [-0.1, -0.05) is 25.1 Å². The molecule has 0 unspecified atom stereocenters. The Kier molecular flexibility index (Phi) is 6.38. The van der Waals surface area contributed by atoms with Crippen molar-refractivity contribution in [3.8, 4) is 11.8 Å². The molecule has 146 valence electrons. The molecule has 0 atom stereocenters. The van der Waals surface area contributed by atoms with Gasteiger partial charge in [-0.2, -0.15) is 10.4 Å². The van der Waals surface area contributed by atoms with Gasteiger partial charge in [-0.25, -0.2) is 4.68 Å². The van der Waals surface area contributed by atoms with Crippen LogP contribution in [-0.2, 0) is 13.2 Å². The van der Waals surface area contributed by atoms with E-state index in [9.17, 15) is 9.59 Å². The van der Waals surface area contributed by atoms with Crippen LogP contribution < -0.4 is 15.6 Å². The number of hydrogen-bond donors (Lipinski definition) is 1. The third-order valence-electron chi connectivity index (χ3n) is 4.09. The second-order valence-electron chi connectivity index (χ2n) is 6.36. The van der Waals surface area contributed by atoms with Gasteiger partial charge in [-0.3, -0.25) is 9.59 Å².